The van der Waals surface area contributed by atoms with Crippen LogP contribution in [0, 0.1) is 6.92 Å². The molecule has 27 heavy (non-hydrogen) atoms. The Hall–Kier alpha value is -3.53. The van der Waals surface area contributed by atoms with Crippen LogP contribution in [0.5, 0.6) is 0 Å². The highest BCUT2D eigenvalue weighted by atomic mass is 32.2. The molecule has 0 aliphatic heterocycles. The van der Waals surface area contributed by atoms with Crippen molar-refractivity contribution in [3.05, 3.63) is 59.8 Å². The van der Waals surface area contributed by atoms with Crippen molar-refractivity contribution in [2.75, 3.05) is 5.32 Å². The van der Waals surface area contributed by atoms with Gasteiger partial charge in [-0.25, -0.2) is 32.7 Å². The number of aromatic nitrogens is 2. The third-order valence-corrected chi connectivity index (χ3v) is 5.04. The van der Waals surface area contributed by atoms with Crippen LogP contribution in [0.4, 0.5) is 10.7 Å². The fraction of sp³-hybridized carbons (Fsp3) is 0.0588. The van der Waals surface area contributed by atoms with Crippen molar-refractivity contribution in [2.24, 2.45) is 0 Å². The Labute approximate surface area is 154 Å². The van der Waals surface area contributed by atoms with E-state index in [0.29, 0.717) is 11.2 Å². The Morgan fingerprint density at radius 3 is 2.41 bits per heavy atom. The molecule has 0 radical (unpaired) electrons. The zero-order valence-corrected chi connectivity index (χ0v) is 14.8. The lowest BCUT2D eigenvalue weighted by molar-refractivity contribution is 0.0692. The number of urea groups is 1. The molecule has 9 nitrogen and oxygen atoms in total. The normalized spacial score (nSPS) is 11.1. The maximum absolute atomic E-state index is 12.4. The molecule has 0 atom stereocenters. The quantitative estimate of drug-likeness (QED) is 0.624. The van der Waals surface area contributed by atoms with Gasteiger partial charge in [0.25, 0.3) is 10.0 Å². The summed E-state index contributed by atoms with van der Waals surface area (Å²) < 4.78 is 26.5. The van der Waals surface area contributed by atoms with Crippen LogP contribution in [-0.4, -0.2) is 35.5 Å². The van der Waals surface area contributed by atoms with Crippen molar-refractivity contribution in [3.63, 3.8) is 0 Å². The van der Waals surface area contributed by atoms with Crippen LogP contribution in [0.2, 0.25) is 0 Å². The molecule has 3 aromatic rings. The molecule has 0 bridgehead atoms. The molecule has 0 aliphatic carbocycles. The molecule has 3 rings (SSSR count). The number of aryl methyl sites for hydroxylation is 1. The summed E-state index contributed by atoms with van der Waals surface area (Å²) in [5.74, 6) is -1.50. The van der Waals surface area contributed by atoms with Gasteiger partial charge < -0.3 is 5.11 Å². The average molecular weight is 386 g/mol. The first-order chi connectivity index (χ1) is 12.8. The van der Waals surface area contributed by atoms with Crippen molar-refractivity contribution < 1.29 is 23.1 Å². The number of hydrogen-bond donors (Lipinski definition) is 3. The van der Waals surface area contributed by atoms with Crippen LogP contribution >= 0.6 is 0 Å². The monoisotopic (exact) mass is 386 g/mol. The van der Waals surface area contributed by atoms with Crippen molar-refractivity contribution in [2.45, 2.75) is 11.8 Å². The Balaban J connectivity index is 1.85. The standard InChI is InChI=1S/C17H14N4O5S/c1-10-11-6-2-4-8-13(11)19-16(18-10)20-17(24)21-27(25,26)14-9-5-3-7-12(14)15(22)23/h2-9H,1H3,(H,22,23)(H2,18,19,20,21,24). The number of carboxylic acid groups (broad SMARTS) is 1. The number of carboxylic acids is 1. The van der Waals surface area contributed by atoms with Gasteiger partial charge in [0.15, 0.2) is 0 Å². The molecule has 2 amide bonds. The lowest BCUT2D eigenvalue weighted by atomic mass is 10.2. The molecule has 1 heterocycles. The highest BCUT2D eigenvalue weighted by Crippen LogP contribution is 2.17. The second-order valence-electron chi connectivity index (χ2n) is 5.51. The van der Waals surface area contributed by atoms with Gasteiger partial charge in [-0.05, 0) is 25.1 Å². The van der Waals surface area contributed by atoms with Gasteiger partial charge in [-0.1, -0.05) is 30.3 Å². The van der Waals surface area contributed by atoms with Crippen LogP contribution in [-0.2, 0) is 10.0 Å². The van der Waals surface area contributed by atoms with E-state index < -0.39 is 32.5 Å². The topological polar surface area (TPSA) is 138 Å². The molecule has 1 aromatic heterocycles. The van der Waals surface area contributed by atoms with Crippen LogP contribution in [0.25, 0.3) is 10.9 Å². The Morgan fingerprint density at radius 1 is 1.00 bits per heavy atom. The molecule has 0 saturated heterocycles. The summed E-state index contributed by atoms with van der Waals surface area (Å²) in [6.45, 7) is 1.73. The molecule has 0 spiro atoms. The van der Waals surface area contributed by atoms with E-state index in [4.69, 9.17) is 5.11 Å². The summed E-state index contributed by atoms with van der Waals surface area (Å²) in [7, 11) is -4.41. The van der Waals surface area contributed by atoms with E-state index in [1.165, 1.54) is 12.1 Å². The van der Waals surface area contributed by atoms with Crippen LogP contribution < -0.4 is 10.0 Å². The van der Waals surface area contributed by atoms with Crippen molar-refractivity contribution in [1.29, 1.82) is 0 Å². The van der Waals surface area contributed by atoms with E-state index in [1.54, 1.807) is 23.8 Å². The fourth-order valence-corrected chi connectivity index (χ4v) is 3.58. The largest absolute Gasteiger partial charge is 0.478 e. The van der Waals surface area contributed by atoms with E-state index in [9.17, 15) is 18.0 Å². The Bertz CT molecular complexity index is 1160. The second kappa shape index (κ2) is 7.00. The first-order valence-electron chi connectivity index (χ1n) is 7.67. The second-order valence-corrected chi connectivity index (χ2v) is 7.16. The number of rotatable bonds is 4. The fourth-order valence-electron chi connectivity index (χ4n) is 2.47. The minimum atomic E-state index is -4.41. The zero-order valence-electron chi connectivity index (χ0n) is 14.0. The highest BCUT2D eigenvalue weighted by molar-refractivity contribution is 7.90. The number of para-hydroxylation sites is 1. The third kappa shape index (κ3) is 3.85. The predicted molar refractivity (Wildman–Crippen MR) is 97.0 cm³/mol. The third-order valence-electron chi connectivity index (χ3n) is 3.65. The van der Waals surface area contributed by atoms with Gasteiger partial charge in [0.1, 0.15) is 4.90 Å². The van der Waals surface area contributed by atoms with E-state index in [2.05, 4.69) is 15.3 Å². The lowest BCUT2D eigenvalue weighted by Gasteiger charge is -2.10. The molecule has 10 heteroatoms. The number of amides is 2. The van der Waals surface area contributed by atoms with Gasteiger partial charge in [-0.15, -0.1) is 0 Å². The number of nitrogens with one attached hydrogen (secondary N) is 2. The molecular formula is C17H14N4O5S. The molecule has 0 fully saturated rings. The number of carbonyl (C=O) groups excluding carboxylic acids is 1. The van der Waals surface area contributed by atoms with E-state index in [0.717, 1.165) is 17.5 Å². The Kier molecular flexibility index (Phi) is 4.74. The first-order valence-corrected chi connectivity index (χ1v) is 9.16. The van der Waals surface area contributed by atoms with Gasteiger partial charge >= 0.3 is 12.0 Å². The van der Waals surface area contributed by atoms with Crippen LogP contribution in [0.1, 0.15) is 16.1 Å². The van der Waals surface area contributed by atoms with Gasteiger partial charge in [-0.3, -0.25) is 5.32 Å². The number of fused-ring (bicyclic) bond motifs is 1. The van der Waals surface area contributed by atoms with E-state index in [1.807, 2.05) is 12.1 Å². The van der Waals surface area contributed by atoms with Crippen molar-refractivity contribution >= 4 is 38.9 Å². The average Bonchev–Trinajstić information content (AvgIpc) is 2.61. The molecule has 138 valence electrons. The molecule has 0 unspecified atom stereocenters. The number of hydrogen-bond acceptors (Lipinski definition) is 6. The first kappa shape index (κ1) is 18.3. The lowest BCUT2D eigenvalue weighted by Crippen LogP contribution is -2.35. The summed E-state index contributed by atoms with van der Waals surface area (Å²) in [6.07, 6.45) is 0. The number of nitrogens with zero attached hydrogens (tertiary/aromatic N) is 2. The van der Waals surface area contributed by atoms with Gasteiger partial charge in [0, 0.05) is 5.39 Å². The maximum atomic E-state index is 12.4. The summed E-state index contributed by atoms with van der Waals surface area (Å²) in [5.41, 5.74) is 0.741. The number of carbonyl (C=O) groups is 2. The number of aromatic carboxylic acids is 1. The Morgan fingerprint density at radius 2 is 1.67 bits per heavy atom. The van der Waals surface area contributed by atoms with E-state index in [-0.39, 0.29) is 5.95 Å². The zero-order chi connectivity index (χ0) is 19.6. The van der Waals surface area contributed by atoms with Gasteiger partial charge in [-0.2, -0.15) is 0 Å². The predicted octanol–water partition coefficient (Wildman–Crippen LogP) is 2.15. The SMILES string of the molecule is Cc1nc(NC(=O)NS(=O)(=O)c2ccccc2C(=O)O)nc2ccccc12. The maximum Gasteiger partial charge on any atom is 0.337 e. The summed E-state index contributed by atoms with van der Waals surface area (Å²) in [5, 5.41) is 12.2. The summed E-state index contributed by atoms with van der Waals surface area (Å²) in [6, 6.07) is 11.0. The van der Waals surface area contributed by atoms with E-state index >= 15 is 0 Å². The van der Waals surface area contributed by atoms with Crippen molar-refractivity contribution in [1.82, 2.24) is 14.7 Å². The minimum Gasteiger partial charge on any atom is -0.478 e. The number of sulfonamides is 1. The van der Waals surface area contributed by atoms with Crippen LogP contribution in [0.15, 0.2) is 53.4 Å². The summed E-state index contributed by atoms with van der Waals surface area (Å²) >= 11 is 0. The molecular weight excluding hydrogens is 372 g/mol. The summed E-state index contributed by atoms with van der Waals surface area (Å²) in [4.78, 5) is 31.0. The van der Waals surface area contributed by atoms with Crippen molar-refractivity contribution in [3.8, 4) is 0 Å². The highest BCUT2D eigenvalue weighted by Gasteiger charge is 2.24. The molecule has 2 aromatic carbocycles. The minimum absolute atomic E-state index is 0.0783. The van der Waals surface area contributed by atoms with Crippen LogP contribution in [0.3, 0.4) is 0 Å². The molecule has 0 saturated carbocycles. The number of benzene rings is 2. The van der Waals surface area contributed by atoms with Gasteiger partial charge in [0.2, 0.25) is 5.95 Å². The molecule has 0 aliphatic rings. The smallest absolute Gasteiger partial charge is 0.337 e. The number of anilines is 1. The van der Waals surface area contributed by atoms with Gasteiger partial charge in [0.05, 0.1) is 16.8 Å². The molecule has 3 N–H and O–H groups in total.